The number of hydrogen-bond donors (Lipinski definition) is 2. The van der Waals surface area contributed by atoms with Gasteiger partial charge in [-0.05, 0) is 53.9 Å². The van der Waals surface area contributed by atoms with Crippen LogP contribution in [0.25, 0.3) is 10.9 Å². The molecule has 0 unspecified atom stereocenters. The van der Waals surface area contributed by atoms with E-state index in [1.54, 1.807) is 19.5 Å². The first kappa shape index (κ1) is 20.8. The Hall–Kier alpha value is -4.07. The molecule has 1 aliphatic heterocycles. The van der Waals surface area contributed by atoms with Crippen LogP contribution in [-0.4, -0.2) is 48.2 Å². The molecule has 0 radical (unpaired) electrons. The number of nitrogens with zero attached hydrogens (tertiary/aromatic N) is 4. The summed E-state index contributed by atoms with van der Waals surface area (Å²) in [5, 5.41) is 4.33. The third kappa shape index (κ3) is 4.59. The van der Waals surface area contributed by atoms with Gasteiger partial charge in [0.15, 0.2) is 0 Å². The normalized spacial score (nSPS) is 13.8. The summed E-state index contributed by atoms with van der Waals surface area (Å²) in [5.41, 5.74) is 3.53. The predicted octanol–water partition coefficient (Wildman–Crippen LogP) is 3.27. The van der Waals surface area contributed by atoms with Crippen molar-refractivity contribution in [2.24, 2.45) is 0 Å². The van der Waals surface area contributed by atoms with Crippen molar-refractivity contribution in [3.63, 3.8) is 0 Å². The van der Waals surface area contributed by atoms with E-state index in [4.69, 9.17) is 4.74 Å². The van der Waals surface area contributed by atoms with E-state index in [1.807, 2.05) is 30.3 Å². The molecule has 4 aromatic rings. The summed E-state index contributed by atoms with van der Waals surface area (Å²) in [7, 11) is 1.61. The quantitative estimate of drug-likeness (QED) is 0.474. The number of nitrogens with one attached hydrogen (secondary N) is 2. The van der Waals surface area contributed by atoms with Crippen LogP contribution in [0.1, 0.15) is 5.56 Å². The third-order valence-corrected chi connectivity index (χ3v) is 5.96. The molecule has 1 fully saturated rings. The van der Waals surface area contributed by atoms with E-state index in [9.17, 15) is 4.79 Å². The van der Waals surface area contributed by atoms with Crippen LogP contribution >= 0.6 is 0 Å². The summed E-state index contributed by atoms with van der Waals surface area (Å²) < 4.78 is 5.23. The van der Waals surface area contributed by atoms with E-state index >= 15 is 0 Å². The predicted molar refractivity (Wildman–Crippen MR) is 131 cm³/mol. The van der Waals surface area contributed by atoms with Crippen molar-refractivity contribution in [2.75, 3.05) is 48.4 Å². The van der Waals surface area contributed by atoms with E-state index in [0.29, 0.717) is 12.1 Å². The molecule has 0 aliphatic carbocycles. The van der Waals surface area contributed by atoms with Gasteiger partial charge in [0.05, 0.1) is 12.6 Å². The Morgan fingerprint density at radius 1 is 0.970 bits per heavy atom. The van der Waals surface area contributed by atoms with Crippen LogP contribution in [0, 0.1) is 0 Å². The van der Waals surface area contributed by atoms with Gasteiger partial charge in [-0.25, -0.2) is 9.97 Å². The molecule has 0 bridgehead atoms. The Labute approximate surface area is 191 Å². The molecule has 2 aromatic carbocycles. The van der Waals surface area contributed by atoms with Gasteiger partial charge in [-0.1, -0.05) is 0 Å². The number of ether oxygens (including phenoxy) is 1. The maximum atomic E-state index is 12.5. The third-order valence-electron chi connectivity index (χ3n) is 5.96. The average Bonchev–Trinajstić information content (AvgIpc) is 2.88. The highest BCUT2D eigenvalue weighted by molar-refractivity contribution is 5.80. The van der Waals surface area contributed by atoms with Crippen molar-refractivity contribution in [2.45, 2.75) is 6.54 Å². The molecule has 5 rings (SSSR count). The summed E-state index contributed by atoms with van der Waals surface area (Å²) in [5.74, 6) is 1.51. The number of anilines is 3. The highest BCUT2D eigenvalue weighted by Gasteiger charge is 2.18. The second kappa shape index (κ2) is 9.20. The maximum Gasteiger partial charge on any atom is 0.253 e. The molecule has 2 N–H and O–H groups in total. The lowest BCUT2D eigenvalue weighted by Gasteiger charge is -2.36. The molecule has 0 saturated carbocycles. The zero-order valence-corrected chi connectivity index (χ0v) is 18.5. The fourth-order valence-corrected chi connectivity index (χ4v) is 4.09. The number of pyridine rings is 1. The molecular weight excluding hydrogens is 416 g/mol. The molecule has 8 heteroatoms. The van der Waals surface area contributed by atoms with E-state index < -0.39 is 0 Å². The summed E-state index contributed by atoms with van der Waals surface area (Å²) in [6.07, 6.45) is 3.56. The molecule has 0 amide bonds. The molecule has 0 spiro atoms. The lowest BCUT2D eigenvalue weighted by molar-refractivity contribution is 0.415. The fourth-order valence-electron chi connectivity index (χ4n) is 4.09. The van der Waals surface area contributed by atoms with Gasteiger partial charge in [-0.2, -0.15) is 0 Å². The standard InChI is InChI=1S/C25H26N6O2/c1-33-22-8-3-18-15-19(24(32)29-23(18)16-22)17-28-20-4-6-21(7-5-20)30-11-13-31(14-12-30)25-26-9-2-10-27-25/h2-10,15-16,28H,11-14,17H2,1H3,(H,29,32). The zero-order chi connectivity index (χ0) is 22.6. The molecule has 3 heterocycles. The Bertz CT molecular complexity index is 1280. The number of fused-ring (bicyclic) bond motifs is 1. The summed E-state index contributed by atoms with van der Waals surface area (Å²) in [4.78, 5) is 28.7. The van der Waals surface area contributed by atoms with E-state index in [-0.39, 0.29) is 5.56 Å². The molecule has 1 saturated heterocycles. The average molecular weight is 443 g/mol. The highest BCUT2D eigenvalue weighted by atomic mass is 16.5. The lowest BCUT2D eigenvalue weighted by Crippen LogP contribution is -2.47. The molecule has 0 atom stereocenters. The van der Waals surface area contributed by atoms with Crippen LogP contribution in [0.5, 0.6) is 5.75 Å². The van der Waals surface area contributed by atoms with Gasteiger partial charge in [-0.15, -0.1) is 0 Å². The number of methoxy groups -OCH3 is 1. The summed E-state index contributed by atoms with van der Waals surface area (Å²) in [6, 6.07) is 17.8. The van der Waals surface area contributed by atoms with E-state index in [1.165, 1.54) is 5.69 Å². The molecule has 8 nitrogen and oxygen atoms in total. The molecule has 33 heavy (non-hydrogen) atoms. The molecule has 1 aliphatic rings. The second-order valence-corrected chi connectivity index (χ2v) is 8.00. The van der Waals surface area contributed by atoms with E-state index in [0.717, 1.165) is 54.5 Å². The number of aromatic amines is 1. The Balaban J connectivity index is 1.20. The summed E-state index contributed by atoms with van der Waals surface area (Å²) >= 11 is 0. The van der Waals surface area contributed by atoms with Crippen molar-refractivity contribution < 1.29 is 4.74 Å². The minimum Gasteiger partial charge on any atom is -0.497 e. The van der Waals surface area contributed by atoms with E-state index in [2.05, 4.69) is 54.3 Å². The van der Waals surface area contributed by atoms with Gasteiger partial charge in [0.25, 0.3) is 5.56 Å². The van der Waals surface area contributed by atoms with Crippen molar-refractivity contribution in [1.82, 2.24) is 15.0 Å². The van der Waals surface area contributed by atoms with Crippen molar-refractivity contribution in [1.29, 1.82) is 0 Å². The van der Waals surface area contributed by atoms with Crippen LogP contribution in [0.15, 0.2) is 71.8 Å². The minimum atomic E-state index is -0.0971. The van der Waals surface area contributed by atoms with Crippen LogP contribution < -0.4 is 25.4 Å². The smallest absolute Gasteiger partial charge is 0.253 e. The van der Waals surface area contributed by atoms with Crippen LogP contribution in [-0.2, 0) is 6.54 Å². The van der Waals surface area contributed by atoms with Gasteiger partial charge >= 0.3 is 0 Å². The summed E-state index contributed by atoms with van der Waals surface area (Å²) in [6.45, 7) is 4.07. The fraction of sp³-hybridized carbons (Fsp3) is 0.240. The van der Waals surface area contributed by atoms with Gasteiger partial charge in [-0.3, -0.25) is 4.79 Å². The van der Waals surface area contributed by atoms with Gasteiger partial charge in [0.2, 0.25) is 5.95 Å². The number of rotatable bonds is 6. The monoisotopic (exact) mass is 442 g/mol. The van der Waals surface area contributed by atoms with Crippen molar-refractivity contribution in [3.8, 4) is 5.75 Å². The Morgan fingerprint density at radius 2 is 1.70 bits per heavy atom. The number of aromatic nitrogens is 3. The SMILES string of the molecule is COc1ccc2cc(CNc3ccc(N4CCN(c5ncccn5)CC4)cc3)c(=O)[nH]c2c1. The van der Waals surface area contributed by atoms with Gasteiger partial charge in [0.1, 0.15) is 5.75 Å². The molecule has 168 valence electrons. The minimum absolute atomic E-state index is 0.0971. The van der Waals surface area contributed by atoms with Gasteiger partial charge in [0, 0.05) is 68.1 Å². The van der Waals surface area contributed by atoms with Gasteiger partial charge < -0.3 is 24.8 Å². The topological polar surface area (TPSA) is 86.4 Å². The number of benzene rings is 2. The maximum absolute atomic E-state index is 12.5. The van der Waals surface area contributed by atoms with Crippen LogP contribution in [0.4, 0.5) is 17.3 Å². The van der Waals surface area contributed by atoms with Crippen molar-refractivity contribution in [3.05, 3.63) is 82.9 Å². The Kier molecular flexibility index (Phi) is 5.80. The molecular formula is C25H26N6O2. The number of hydrogen-bond acceptors (Lipinski definition) is 7. The number of piperazine rings is 1. The number of H-pyrrole nitrogens is 1. The molecule has 2 aromatic heterocycles. The van der Waals surface area contributed by atoms with Crippen LogP contribution in [0.3, 0.4) is 0 Å². The lowest BCUT2D eigenvalue weighted by atomic mass is 10.1. The van der Waals surface area contributed by atoms with Crippen molar-refractivity contribution >= 4 is 28.2 Å². The van der Waals surface area contributed by atoms with Crippen LogP contribution in [0.2, 0.25) is 0 Å². The first-order chi connectivity index (χ1) is 16.2. The first-order valence-electron chi connectivity index (χ1n) is 11.0. The Morgan fingerprint density at radius 3 is 2.42 bits per heavy atom. The largest absolute Gasteiger partial charge is 0.497 e. The zero-order valence-electron chi connectivity index (χ0n) is 18.5. The second-order valence-electron chi connectivity index (χ2n) is 8.00. The highest BCUT2D eigenvalue weighted by Crippen LogP contribution is 2.22. The first-order valence-corrected chi connectivity index (χ1v) is 11.0.